The largest absolute Gasteiger partial charge is 0.458 e. The van der Waals surface area contributed by atoms with Crippen molar-refractivity contribution in [2.75, 3.05) is 0 Å². The van der Waals surface area contributed by atoms with Crippen LogP contribution in [-0.2, 0) is 28.3 Å². The lowest BCUT2D eigenvalue weighted by molar-refractivity contribution is -0.172. The van der Waals surface area contributed by atoms with E-state index in [4.69, 9.17) is 15.0 Å². The summed E-state index contributed by atoms with van der Waals surface area (Å²) in [6.07, 6.45) is 0.139. The van der Waals surface area contributed by atoms with Crippen LogP contribution in [0.2, 0.25) is 0 Å². The average molecular weight is 389 g/mol. The van der Waals surface area contributed by atoms with Gasteiger partial charge in [-0.25, -0.2) is 9.78 Å². The van der Waals surface area contributed by atoms with E-state index in [1.807, 2.05) is 30.3 Å². The molecule has 2 aliphatic rings. The third-order valence-electron chi connectivity index (χ3n) is 5.42. The Morgan fingerprint density at radius 2 is 2.03 bits per heavy atom. The van der Waals surface area contributed by atoms with Crippen LogP contribution in [0.3, 0.4) is 0 Å². The number of ether oxygens (including phenoxy) is 1. The zero-order valence-electron chi connectivity index (χ0n) is 16.1. The fourth-order valence-electron chi connectivity index (χ4n) is 3.93. The van der Waals surface area contributed by atoms with Crippen LogP contribution < -0.4 is 5.56 Å². The summed E-state index contributed by atoms with van der Waals surface area (Å²) in [5.74, 6) is -0.707. The van der Waals surface area contributed by atoms with E-state index >= 15 is 0 Å². The number of carbonyl (C=O) groups excluding carboxylic acids is 1. The lowest BCUT2D eigenvalue weighted by Gasteiger charge is -2.31. The molecule has 0 saturated carbocycles. The third-order valence-corrected chi connectivity index (χ3v) is 5.42. The van der Waals surface area contributed by atoms with Crippen LogP contribution in [0.4, 0.5) is 0 Å². The van der Waals surface area contributed by atoms with Gasteiger partial charge in [-0.05, 0) is 24.6 Å². The van der Waals surface area contributed by atoms with Crippen molar-refractivity contribution < 1.29 is 14.6 Å². The van der Waals surface area contributed by atoms with Gasteiger partial charge in [0.2, 0.25) is 0 Å². The second-order valence-electron chi connectivity index (χ2n) is 7.02. The first kappa shape index (κ1) is 18.8. The lowest BCUT2D eigenvalue weighted by Crippen LogP contribution is -2.44. The summed E-state index contributed by atoms with van der Waals surface area (Å²) >= 11 is 0. The van der Waals surface area contributed by atoms with Gasteiger partial charge in [0.05, 0.1) is 35.1 Å². The van der Waals surface area contributed by atoms with Gasteiger partial charge in [0.25, 0.3) is 5.56 Å². The highest BCUT2D eigenvalue weighted by Gasteiger charge is 2.45. The summed E-state index contributed by atoms with van der Waals surface area (Å²) in [7, 11) is 0. The number of rotatable bonds is 1. The van der Waals surface area contributed by atoms with Crippen molar-refractivity contribution in [3.63, 3.8) is 0 Å². The molecule has 0 aliphatic carbocycles. The SMILES string of the molecule is CC#N.CCC1(O)C(=O)OCc2c1cc1n(c2=O)Cc2cc3ccccc3nc2-1. The van der Waals surface area contributed by atoms with Crippen LogP contribution in [0.25, 0.3) is 22.3 Å². The van der Waals surface area contributed by atoms with Gasteiger partial charge in [0, 0.05) is 23.4 Å². The molecule has 146 valence electrons. The van der Waals surface area contributed by atoms with Gasteiger partial charge in [-0.15, -0.1) is 0 Å². The monoisotopic (exact) mass is 389 g/mol. The molecule has 29 heavy (non-hydrogen) atoms. The fraction of sp³-hybridized carbons (Fsp3) is 0.273. The van der Waals surface area contributed by atoms with Crippen LogP contribution in [0.1, 0.15) is 37.0 Å². The number of esters is 1. The molecule has 1 N–H and O–H groups in total. The normalized spacial score (nSPS) is 18.6. The van der Waals surface area contributed by atoms with E-state index in [1.54, 1.807) is 23.6 Å². The van der Waals surface area contributed by atoms with E-state index < -0.39 is 11.6 Å². The first-order chi connectivity index (χ1) is 13.9. The molecule has 1 aromatic carbocycles. The molecule has 1 unspecified atom stereocenters. The minimum atomic E-state index is -1.79. The van der Waals surface area contributed by atoms with E-state index in [-0.39, 0.29) is 18.6 Å². The molecule has 4 heterocycles. The van der Waals surface area contributed by atoms with Gasteiger partial charge in [-0.2, -0.15) is 5.26 Å². The number of fused-ring (bicyclic) bond motifs is 5. The molecule has 2 aromatic heterocycles. The first-order valence-corrected chi connectivity index (χ1v) is 9.31. The predicted molar refractivity (Wildman–Crippen MR) is 106 cm³/mol. The number of cyclic esters (lactones) is 1. The van der Waals surface area contributed by atoms with Crippen molar-refractivity contribution >= 4 is 16.9 Å². The Labute approximate surface area is 166 Å². The molecule has 0 amide bonds. The number of hydrogen-bond acceptors (Lipinski definition) is 6. The highest BCUT2D eigenvalue weighted by atomic mass is 16.6. The van der Waals surface area contributed by atoms with Gasteiger partial charge in [-0.3, -0.25) is 4.79 Å². The molecule has 0 radical (unpaired) electrons. The van der Waals surface area contributed by atoms with Crippen molar-refractivity contribution in [2.45, 2.75) is 39.0 Å². The maximum absolute atomic E-state index is 13.0. The number of pyridine rings is 2. The van der Waals surface area contributed by atoms with Crippen molar-refractivity contribution in [3.05, 3.63) is 63.4 Å². The summed E-state index contributed by atoms with van der Waals surface area (Å²) in [5.41, 5.74) is 1.81. The van der Waals surface area contributed by atoms with Gasteiger partial charge < -0.3 is 14.4 Å². The number of aromatic nitrogens is 2. The Balaban J connectivity index is 0.000000645. The van der Waals surface area contributed by atoms with Gasteiger partial charge in [0.15, 0.2) is 5.60 Å². The lowest BCUT2D eigenvalue weighted by atomic mass is 9.86. The topological polar surface area (TPSA) is 105 Å². The summed E-state index contributed by atoms with van der Waals surface area (Å²) < 4.78 is 6.72. The molecule has 2 aliphatic heterocycles. The van der Waals surface area contributed by atoms with Crippen LogP contribution in [0, 0.1) is 11.3 Å². The molecule has 1 atom stereocenters. The Bertz CT molecular complexity index is 1260. The molecule has 0 spiro atoms. The van der Waals surface area contributed by atoms with Gasteiger partial charge in [0.1, 0.15) is 6.61 Å². The van der Waals surface area contributed by atoms with E-state index in [0.717, 1.165) is 22.2 Å². The van der Waals surface area contributed by atoms with Gasteiger partial charge in [-0.1, -0.05) is 25.1 Å². The molecule has 7 nitrogen and oxygen atoms in total. The number of carbonyl (C=O) groups is 1. The van der Waals surface area contributed by atoms with Crippen LogP contribution in [-0.4, -0.2) is 20.6 Å². The highest BCUT2D eigenvalue weighted by molar-refractivity contribution is 5.86. The number of para-hydroxylation sites is 1. The highest BCUT2D eigenvalue weighted by Crippen LogP contribution is 2.38. The maximum atomic E-state index is 13.0. The number of nitriles is 1. The van der Waals surface area contributed by atoms with E-state index in [0.29, 0.717) is 23.4 Å². The van der Waals surface area contributed by atoms with E-state index in [1.165, 1.54) is 6.92 Å². The number of nitrogens with zero attached hydrogens (tertiary/aromatic N) is 3. The van der Waals surface area contributed by atoms with Crippen molar-refractivity contribution in [2.24, 2.45) is 0 Å². The average Bonchev–Trinajstić information content (AvgIpc) is 3.08. The molecule has 5 rings (SSSR count). The standard InChI is InChI=1S/C20H16N2O4.C2H3N/c1-2-20(25)14-8-16-17-12(7-11-5-3-4-6-15(11)21-17)9-22(16)18(23)13(14)10-26-19(20)24;1-2-3/h3-8,25H,2,9-10H2,1H3;1H3. The molecular weight excluding hydrogens is 370 g/mol. The molecule has 0 bridgehead atoms. The van der Waals surface area contributed by atoms with Crippen molar-refractivity contribution in [1.82, 2.24) is 9.55 Å². The van der Waals surface area contributed by atoms with Crippen molar-refractivity contribution in [3.8, 4) is 17.5 Å². The quantitative estimate of drug-likeness (QED) is 0.502. The Morgan fingerprint density at radius 3 is 2.76 bits per heavy atom. The minimum absolute atomic E-state index is 0.110. The van der Waals surface area contributed by atoms with Crippen LogP contribution in [0.15, 0.2) is 41.2 Å². The molecule has 0 saturated heterocycles. The smallest absolute Gasteiger partial charge is 0.343 e. The molecule has 0 fully saturated rings. The molecular formula is C22H19N3O4. The first-order valence-electron chi connectivity index (χ1n) is 9.31. The zero-order chi connectivity index (χ0) is 20.8. The number of aliphatic hydroxyl groups is 1. The summed E-state index contributed by atoms with van der Waals surface area (Å²) in [6.45, 7) is 3.44. The Kier molecular flexibility index (Phi) is 4.44. The van der Waals surface area contributed by atoms with Crippen LogP contribution in [0.5, 0.6) is 0 Å². The second kappa shape index (κ2) is 6.83. The Morgan fingerprint density at radius 1 is 1.31 bits per heavy atom. The molecule has 7 heteroatoms. The van der Waals surface area contributed by atoms with Crippen LogP contribution >= 0.6 is 0 Å². The zero-order valence-corrected chi connectivity index (χ0v) is 16.1. The van der Waals surface area contributed by atoms with Crippen molar-refractivity contribution in [1.29, 1.82) is 5.26 Å². The summed E-state index contributed by atoms with van der Waals surface area (Å²) in [5, 5.41) is 19.2. The summed E-state index contributed by atoms with van der Waals surface area (Å²) in [4.78, 5) is 29.9. The predicted octanol–water partition coefficient (Wildman–Crippen LogP) is 2.61. The van der Waals surface area contributed by atoms with Gasteiger partial charge >= 0.3 is 5.97 Å². The number of benzene rings is 1. The van der Waals surface area contributed by atoms with E-state index in [2.05, 4.69) is 0 Å². The Hall–Kier alpha value is -3.50. The molecule has 3 aromatic rings. The maximum Gasteiger partial charge on any atom is 0.343 e. The fourth-order valence-corrected chi connectivity index (χ4v) is 3.93. The minimum Gasteiger partial charge on any atom is -0.458 e. The third kappa shape index (κ3) is 2.72. The summed E-state index contributed by atoms with van der Waals surface area (Å²) in [6, 6.07) is 13.3. The number of hydrogen-bond donors (Lipinski definition) is 1. The van der Waals surface area contributed by atoms with E-state index in [9.17, 15) is 14.7 Å². The second-order valence-corrected chi connectivity index (χ2v) is 7.02.